The average molecular weight is 265 g/mol. The van der Waals surface area contributed by atoms with Crippen LogP contribution in [-0.2, 0) is 0 Å². The van der Waals surface area contributed by atoms with Crippen LogP contribution in [-0.4, -0.2) is 48.3 Å². The zero-order chi connectivity index (χ0) is 13.9. The molecular weight excluding hydrogens is 246 g/mol. The van der Waals surface area contributed by atoms with E-state index in [0.717, 1.165) is 11.7 Å². The first-order valence-corrected chi connectivity index (χ1v) is 6.48. The molecule has 98 valence electrons. The molecule has 1 aromatic heterocycles. The molecule has 0 N–H and O–H groups in total. The summed E-state index contributed by atoms with van der Waals surface area (Å²) < 4.78 is 4.33. The minimum Gasteiger partial charge on any atom is -0.349 e. The van der Waals surface area contributed by atoms with Crippen molar-refractivity contribution in [1.82, 2.24) is 14.2 Å². The summed E-state index contributed by atoms with van der Waals surface area (Å²) in [6.07, 6.45) is 0. The van der Waals surface area contributed by atoms with Crippen LogP contribution in [0.3, 0.4) is 0 Å². The second kappa shape index (κ2) is 5.83. The molecule has 0 aromatic carbocycles. The molecule has 0 fully saturated rings. The lowest BCUT2D eigenvalue weighted by Crippen LogP contribution is -2.35. The molecule has 0 aliphatic heterocycles. The summed E-state index contributed by atoms with van der Waals surface area (Å²) in [5.41, 5.74) is 1.43. The monoisotopic (exact) mass is 265 g/mol. The van der Waals surface area contributed by atoms with E-state index in [4.69, 9.17) is 0 Å². The Hall–Kier alpha value is -1.61. The molecule has 18 heavy (non-hydrogen) atoms. The van der Waals surface area contributed by atoms with Gasteiger partial charge in [-0.15, -0.1) is 0 Å². The van der Waals surface area contributed by atoms with Crippen molar-refractivity contribution in [3.8, 4) is 6.07 Å². The molecule has 0 amide bonds. The Labute approximate surface area is 113 Å². The summed E-state index contributed by atoms with van der Waals surface area (Å²) in [4.78, 5) is 8.36. The molecule has 0 aliphatic carbocycles. The Kier molecular flexibility index (Phi) is 4.68. The fourth-order valence-corrected chi connectivity index (χ4v) is 2.41. The first-order chi connectivity index (χ1) is 8.38. The van der Waals surface area contributed by atoms with Gasteiger partial charge in [0.05, 0.1) is 5.69 Å². The molecule has 1 rings (SSSR count). The molecule has 0 bridgehead atoms. The molecule has 0 saturated carbocycles. The fourth-order valence-electron chi connectivity index (χ4n) is 1.56. The first-order valence-electron chi connectivity index (χ1n) is 5.71. The lowest BCUT2D eigenvalue weighted by molar-refractivity contribution is 0.484. The summed E-state index contributed by atoms with van der Waals surface area (Å²) in [5.74, 6) is 1.03. The molecule has 0 spiro atoms. The van der Waals surface area contributed by atoms with Crippen LogP contribution in [0.25, 0.3) is 0 Å². The third-order valence-electron chi connectivity index (χ3n) is 2.36. The van der Waals surface area contributed by atoms with E-state index in [1.165, 1.54) is 11.5 Å². The lowest BCUT2D eigenvalue weighted by Gasteiger charge is -2.22. The van der Waals surface area contributed by atoms with Crippen molar-refractivity contribution in [3.63, 3.8) is 0 Å². The molecule has 6 heteroatoms. The summed E-state index contributed by atoms with van der Waals surface area (Å²) in [6.45, 7) is 4.06. The highest BCUT2D eigenvalue weighted by Gasteiger charge is 2.17. The smallest absolute Gasteiger partial charge is 0.201 e. The maximum atomic E-state index is 9.25. The van der Waals surface area contributed by atoms with E-state index in [1.54, 1.807) is 0 Å². The second-order valence-electron chi connectivity index (χ2n) is 4.72. The van der Waals surface area contributed by atoms with Gasteiger partial charge >= 0.3 is 0 Å². The van der Waals surface area contributed by atoms with Crippen LogP contribution in [0.1, 0.15) is 31.0 Å². The normalized spacial score (nSPS) is 10.1. The van der Waals surface area contributed by atoms with Crippen LogP contribution in [0.15, 0.2) is 4.99 Å². The van der Waals surface area contributed by atoms with Crippen molar-refractivity contribution in [2.24, 2.45) is 4.99 Å². The fraction of sp³-hybridized carbons (Fsp3) is 0.583. The van der Waals surface area contributed by atoms with Gasteiger partial charge in [0, 0.05) is 28.2 Å². The highest BCUT2D eigenvalue weighted by atomic mass is 32.1. The molecule has 0 unspecified atom stereocenters. The second-order valence-corrected chi connectivity index (χ2v) is 5.47. The highest BCUT2D eigenvalue weighted by Crippen LogP contribution is 2.31. The molecule has 0 radical (unpaired) electrons. The van der Waals surface area contributed by atoms with E-state index in [2.05, 4.69) is 15.4 Å². The summed E-state index contributed by atoms with van der Waals surface area (Å²) in [6, 6.07) is 2.21. The SMILES string of the molecule is CC(C)c1nsc(N=C(N(C)C)N(C)C)c1C#N. The van der Waals surface area contributed by atoms with Crippen LogP contribution < -0.4 is 0 Å². The van der Waals surface area contributed by atoms with E-state index < -0.39 is 0 Å². The Balaban J connectivity index is 3.27. The maximum Gasteiger partial charge on any atom is 0.201 e. The largest absolute Gasteiger partial charge is 0.349 e. The molecule has 1 aromatic rings. The number of nitrogens with zero attached hydrogens (tertiary/aromatic N) is 5. The van der Waals surface area contributed by atoms with Gasteiger partial charge in [-0.2, -0.15) is 9.64 Å². The van der Waals surface area contributed by atoms with E-state index >= 15 is 0 Å². The lowest BCUT2D eigenvalue weighted by atomic mass is 10.1. The van der Waals surface area contributed by atoms with Crippen LogP contribution in [0, 0.1) is 11.3 Å². The van der Waals surface area contributed by atoms with Crippen molar-refractivity contribution in [2.45, 2.75) is 19.8 Å². The van der Waals surface area contributed by atoms with Gasteiger partial charge in [0.15, 0.2) is 5.00 Å². The number of aromatic nitrogens is 1. The van der Waals surface area contributed by atoms with E-state index in [1.807, 2.05) is 51.8 Å². The standard InChI is InChI=1S/C12H19N5S/c1-8(2)10-9(7-13)11(18-15-10)14-12(16(3)4)17(5)6/h8H,1-6H3. The predicted octanol–water partition coefficient (Wildman–Crippen LogP) is 2.25. The summed E-state index contributed by atoms with van der Waals surface area (Å²) >= 11 is 1.28. The number of hydrogen-bond donors (Lipinski definition) is 0. The summed E-state index contributed by atoms with van der Waals surface area (Å²) in [5, 5.41) is 9.93. The van der Waals surface area contributed by atoms with Gasteiger partial charge in [0.25, 0.3) is 0 Å². The third kappa shape index (κ3) is 2.99. The van der Waals surface area contributed by atoms with Gasteiger partial charge < -0.3 is 9.80 Å². The van der Waals surface area contributed by atoms with Crippen LogP contribution in [0.5, 0.6) is 0 Å². The third-order valence-corrected chi connectivity index (χ3v) is 3.12. The van der Waals surface area contributed by atoms with Crippen LogP contribution in [0.4, 0.5) is 5.00 Å². The van der Waals surface area contributed by atoms with Crippen molar-refractivity contribution >= 4 is 22.5 Å². The number of hydrogen-bond acceptors (Lipinski definition) is 4. The zero-order valence-electron chi connectivity index (χ0n) is 11.7. The van der Waals surface area contributed by atoms with Gasteiger partial charge in [-0.25, -0.2) is 4.99 Å². The van der Waals surface area contributed by atoms with E-state index in [9.17, 15) is 5.26 Å². The Morgan fingerprint density at radius 1 is 1.28 bits per heavy atom. The average Bonchev–Trinajstić information content (AvgIpc) is 2.67. The number of aliphatic imine (C=N–C) groups is 1. The summed E-state index contributed by atoms with van der Waals surface area (Å²) in [7, 11) is 7.70. The van der Waals surface area contributed by atoms with E-state index in [0.29, 0.717) is 10.6 Å². The van der Waals surface area contributed by atoms with Gasteiger partial charge in [0.1, 0.15) is 11.6 Å². The quantitative estimate of drug-likeness (QED) is 0.608. The first kappa shape index (κ1) is 14.5. The molecule has 0 atom stereocenters. The van der Waals surface area contributed by atoms with Crippen molar-refractivity contribution < 1.29 is 0 Å². The molecule has 5 nitrogen and oxygen atoms in total. The number of rotatable bonds is 2. The number of guanidine groups is 1. The Morgan fingerprint density at radius 2 is 1.83 bits per heavy atom. The zero-order valence-corrected chi connectivity index (χ0v) is 12.5. The molecule has 0 saturated heterocycles. The predicted molar refractivity (Wildman–Crippen MR) is 75.4 cm³/mol. The topological polar surface area (TPSA) is 55.5 Å². The molecule has 0 aliphatic rings. The van der Waals surface area contributed by atoms with Crippen molar-refractivity contribution in [3.05, 3.63) is 11.3 Å². The van der Waals surface area contributed by atoms with Gasteiger partial charge in [-0.05, 0) is 17.5 Å². The van der Waals surface area contributed by atoms with E-state index in [-0.39, 0.29) is 5.92 Å². The van der Waals surface area contributed by atoms with Crippen molar-refractivity contribution in [1.29, 1.82) is 5.26 Å². The maximum absolute atomic E-state index is 9.25. The van der Waals surface area contributed by atoms with Gasteiger partial charge in [-0.1, -0.05) is 13.8 Å². The molecule has 1 heterocycles. The molecular formula is C12H19N5S. The van der Waals surface area contributed by atoms with Crippen molar-refractivity contribution in [2.75, 3.05) is 28.2 Å². The highest BCUT2D eigenvalue weighted by molar-refractivity contribution is 7.10. The van der Waals surface area contributed by atoms with Crippen LogP contribution in [0.2, 0.25) is 0 Å². The number of nitriles is 1. The Bertz CT molecular complexity index is 469. The minimum absolute atomic E-state index is 0.238. The Morgan fingerprint density at radius 3 is 2.22 bits per heavy atom. The van der Waals surface area contributed by atoms with Crippen LogP contribution >= 0.6 is 11.5 Å². The van der Waals surface area contributed by atoms with Gasteiger partial charge in [-0.3, -0.25) is 0 Å². The van der Waals surface area contributed by atoms with Gasteiger partial charge in [0.2, 0.25) is 5.96 Å². The minimum atomic E-state index is 0.238.